The summed E-state index contributed by atoms with van der Waals surface area (Å²) in [5.74, 6) is 0.374. The summed E-state index contributed by atoms with van der Waals surface area (Å²) in [6, 6.07) is -0.393. The van der Waals surface area contributed by atoms with Gasteiger partial charge in [0.15, 0.2) is 0 Å². The Hall–Kier alpha value is -0.850. The third kappa shape index (κ3) is 7.67. The highest BCUT2D eigenvalue weighted by atomic mass is 35.5. The summed E-state index contributed by atoms with van der Waals surface area (Å²) in [6.45, 7) is 5.70. The van der Waals surface area contributed by atoms with Crippen molar-refractivity contribution in [2.45, 2.75) is 26.2 Å². The van der Waals surface area contributed by atoms with Crippen LogP contribution in [-0.2, 0) is 4.79 Å². The molecule has 0 saturated carbocycles. The number of amides is 3. The number of imide groups is 1. The minimum absolute atomic E-state index is 0. The maximum absolute atomic E-state index is 11.7. The highest BCUT2D eigenvalue weighted by molar-refractivity contribution is 5.95. The Morgan fingerprint density at radius 2 is 2.10 bits per heavy atom. The van der Waals surface area contributed by atoms with Crippen LogP contribution in [0.15, 0.2) is 0 Å². The van der Waals surface area contributed by atoms with E-state index < -0.39 is 6.03 Å². The van der Waals surface area contributed by atoms with Crippen LogP contribution >= 0.6 is 12.4 Å². The normalized spacial score (nSPS) is 19.0. The molecule has 1 rings (SSSR count). The molecule has 3 N–H and O–H groups in total. The molecule has 20 heavy (non-hydrogen) atoms. The number of likely N-dealkylation sites (tertiary alicyclic amines) is 1. The van der Waals surface area contributed by atoms with Crippen molar-refractivity contribution in [2.75, 3.05) is 39.8 Å². The summed E-state index contributed by atoms with van der Waals surface area (Å²) in [7, 11) is 1.95. The molecular weight excluding hydrogens is 280 g/mol. The van der Waals surface area contributed by atoms with Gasteiger partial charge in [0.05, 0.1) is 6.54 Å². The number of nitrogens with zero attached hydrogens (tertiary/aromatic N) is 1. The van der Waals surface area contributed by atoms with Gasteiger partial charge in [-0.05, 0) is 45.3 Å². The highest BCUT2D eigenvalue weighted by Crippen LogP contribution is 2.14. The zero-order chi connectivity index (χ0) is 14.1. The zero-order valence-electron chi connectivity index (χ0n) is 12.4. The van der Waals surface area contributed by atoms with Crippen LogP contribution in [0, 0.1) is 5.92 Å². The van der Waals surface area contributed by atoms with Gasteiger partial charge in [0.2, 0.25) is 5.91 Å². The molecule has 0 aromatic carbocycles. The van der Waals surface area contributed by atoms with Gasteiger partial charge in [-0.1, -0.05) is 6.92 Å². The van der Waals surface area contributed by atoms with Crippen molar-refractivity contribution in [1.82, 2.24) is 20.9 Å². The van der Waals surface area contributed by atoms with E-state index in [1.165, 1.54) is 6.42 Å². The van der Waals surface area contributed by atoms with E-state index in [2.05, 4.69) is 20.9 Å². The van der Waals surface area contributed by atoms with Crippen molar-refractivity contribution in [3.8, 4) is 0 Å². The lowest BCUT2D eigenvalue weighted by molar-refractivity contribution is -0.121. The van der Waals surface area contributed by atoms with E-state index in [1.54, 1.807) is 0 Å². The largest absolute Gasteiger partial charge is 0.338 e. The molecule has 1 fully saturated rings. The lowest BCUT2D eigenvalue weighted by Gasteiger charge is -2.31. The lowest BCUT2D eigenvalue weighted by atomic mass is 9.98. The van der Waals surface area contributed by atoms with E-state index in [-0.39, 0.29) is 18.3 Å². The minimum atomic E-state index is -0.393. The van der Waals surface area contributed by atoms with E-state index in [9.17, 15) is 9.59 Å². The highest BCUT2D eigenvalue weighted by Gasteiger charge is 2.21. The van der Waals surface area contributed by atoms with E-state index in [4.69, 9.17) is 0 Å². The molecule has 0 radical (unpaired) electrons. The molecule has 3 amide bonds. The Balaban J connectivity index is 0.00000361. The number of rotatable bonds is 6. The van der Waals surface area contributed by atoms with Crippen molar-refractivity contribution in [3.05, 3.63) is 0 Å². The first-order chi connectivity index (χ1) is 9.15. The second kappa shape index (κ2) is 10.9. The number of hydrogen-bond acceptors (Lipinski definition) is 4. The maximum atomic E-state index is 11.7. The van der Waals surface area contributed by atoms with E-state index in [0.717, 1.165) is 32.5 Å². The number of hydrogen-bond donors (Lipinski definition) is 3. The molecule has 6 nitrogen and oxygen atoms in total. The van der Waals surface area contributed by atoms with Crippen LogP contribution in [0.25, 0.3) is 0 Å². The Morgan fingerprint density at radius 1 is 1.35 bits per heavy atom. The SMILES string of the molecule is CCCNC(=O)NC(=O)CN1CCCC(CNC)C1.Cl. The summed E-state index contributed by atoms with van der Waals surface area (Å²) >= 11 is 0. The van der Waals surface area contributed by atoms with Crippen molar-refractivity contribution in [2.24, 2.45) is 5.92 Å². The summed E-state index contributed by atoms with van der Waals surface area (Å²) in [4.78, 5) is 25.2. The predicted molar refractivity (Wildman–Crippen MR) is 82.2 cm³/mol. The molecule has 1 aliphatic rings. The maximum Gasteiger partial charge on any atom is 0.321 e. The van der Waals surface area contributed by atoms with Gasteiger partial charge in [0.1, 0.15) is 0 Å². The van der Waals surface area contributed by atoms with E-state index >= 15 is 0 Å². The van der Waals surface area contributed by atoms with Crippen molar-refractivity contribution >= 4 is 24.3 Å². The van der Waals surface area contributed by atoms with Crippen LogP contribution in [0.4, 0.5) is 4.79 Å². The molecule has 118 valence electrons. The van der Waals surface area contributed by atoms with Gasteiger partial charge in [0.25, 0.3) is 0 Å². The van der Waals surface area contributed by atoms with Gasteiger partial charge in [-0.2, -0.15) is 0 Å². The standard InChI is InChI=1S/C13H26N4O2.ClH/c1-3-6-15-13(19)16-12(18)10-17-7-4-5-11(9-17)8-14-2;/h11,14H,3-10H2,1-2H3,(H2,15,16,18,19);1H. The second-order valence-corrected chi connectivity index (χ2v) is 5.11. The third-order valence-corrected chi connectivity index (χ3v) is 3.25. The minimum Gasteiger partial charge on any atom is -0.338 e. The van der Waals surface area contributed by atoms with Gasteiger partial charge in [-0.15, -0.1) is 12.4 Å². The first-order valence-electron chi connectivity index (χ1n) is 7.10. The van der Waals surface area contributed by atoms with E-state index in [1.807, 2.05) is 14.0 Å². The lowest BCUT2D eigenvalue weighted by Crippen LogP contribution is -2.47. The monoisotopic (exact) mass is 306 g/mol. The number of halogens is 1. The van der Waals surface area contributed by atoms with Crippen molar-refractivity contribution in [1.29, 1.82) is 0 Å². The topological polar surface area (TPSA) is 73.5 Å². The Labute approximate surface area is 127 Å². The van der Waals surface area contributed by atoms with Gasteiger partial charge >= 0.3 is 6.03 Å². The van der Waals surface area contributed by atoms with Crippen LogP contribution in [-0.4, -0.2) is 56.6 Å². The Bertz CT molecular complexity index is 300. The fraction of sp³-hybridized carbons (Fsp3) is 0.846. The number of carbonyl (C=O) groups excluding carboxylic acids is 2. The molecule has 1 aliphatic heterocycles. The van der Waals surface area contributed by atoms with Crippen LogP contribution in [0.3, 0.4) is 0 Å². The van der Waals surface area contributed by atoms with Gasteiger partial charge < -0.3 is 10.6 Å². The van der Waals surface area contributed by atoms with Crippen molar-refractivity contribution in [3.63, 3.8) is 0 Å². The average Bonchev–Trinajstić information content (AvgIpc) is 2.37. The first-order valence-corrected chi connectivity index (χ1v) is 7.10. The Morgan fingerprint density at radius 3 is 2.75 bits per heavy atom. The molecule has 7 heteroatoms. The second-order valence-electron chi connectivity index (χ2n) is 5.11. The van der Waals surface area contributed by atoms with Gasteiger partial charge in [-0.3, -0.25) is 15.0 Å². The quantitative estimate of drug-likeness (QED) is 0.671. The van der Waals surface area contributed by atoms with Gasteiger partial charge in [-0.25, -0.2) is 4.79 Å². The molecule has 0 aliphatic carbocycles. The van der Waals surface area contributed by atoms with Crippen LogP contribution in [0.5, 0.6) is 0 Å². The summed E-state index contributed by atoms with van der Waals surface area (Å²) < 4.78 is 0. The molecular formula is C13H27ClN4O2. The summed E-state index contributed by atoms with van der Waals surface area (Å²) in [5.41, 5.74) is 0. The summed E-state index contributed by atoms with van der Waals surface area (Å²) in [6.07, 6.45) is 3.18. The molecule has 1 unspecified atom stereocenters. The molecule has 0 aromatic rings. The van der Waals surface area contributed by atoms with Crippen LogP contribution < -0.4 is 16.0 Å². The molecule has 1 saturated heterocycles. The van der Waals surface area contributed by atoms with Gasteiger partial charge in [0, 0.05) is 13.1 Å². The van der Waals surface area contributed by atoms with E-state index in [0.29, 0.717) is 19.0 Å². The molecule has 1 atom stereocenters. The zero-order valence-corrected chi connectivity index (χ0v) is 13.2. The smallest absolute Gasteiger partial charge is 0.321 e. The fourth-order valence-electron chi connectivity index (χ4n) is 2.40. The average molecular weight is 307 g/mol. The van der Waals surface area contributed by atoms with Crippen LogP contribution in [0.2, 0.25) is 0 Å². The molecule has 0 aromatic heterocycles. The summed E-state index contributed by atoms with van der Waals surface area (Å²) in [5, 5.41) is 8.17. The number of urea groups is 1. The number of piperidine rings is 1. The fourth-order valence-corrected chi connectivity index (χ4v) is 2.40. The first kappa shape index (κ1) is 19.1. The predicted octanol–water partition coefficient (Wildman–Crippen LogP) is 0.575. The Kier molecular flexibility index (Phi) is 10.4. The number of carbonyl (C=O) groups is 2. The third-order valence-electron chi connectivity index (χ3n) is 3.25. The van der Waals surface area contributed by atoms with Crippen LogP contribution in [0.1, 0.15) is 26.2 Å². The molecule has 0 spiro atoms. The number of nitrogens with one attached hydrogen (secondary N) is 3. The van der Waals surface area contributed by atoms with Crippen molar-refractivity contribution < 1.29 is 9.59 Å². The molecule has 0 bridgehead atoms. The molecule has 1 heterocycles.